The Balaban J connectivity index is 1.54. The summed E-state index contributed by atoms with van der Waals surface area (Å²) in [6, 6.07) is 23.7. The molecule has 0 bridgehead atoms. The van der Waals surface area contributed by atoms with Crippen LogP contribution in [-0.4, -0.2) is 52.0 Å². The monoisotopic (exact) mass is 550 g/mol. The lowest BCUT2D eigenvalue weighted by Gasteiger charge is -2.45. The largest absolute Gasteiger partial charge is 0.497 e. The highest BCUT2D eigenvalue weighted by molar-refractivity contribution is 7.89. The Morgan fingerprint density at radius 2 is 1.62 bits per heavy atom. The van der Waals surface area contributed by atoms with Gasteiger partial charge >= 0.3 is 5.97 Å². The van der Waals surface area contributed by atoms with Gasteiger partial charge in [-0.2, -0.15) is 4.31 Å². The molecular weight excluding hydrogens is 512 g/mol. The number of methoxy groups -OCH3 is 2. The van der Waals surface area contributed by atoms with Crippen molar-refractivity contribution in [1.29, 1.82) is 0 Å². The summed E-state index contributed by atoms with van der Waals surface area (Å²) in [5.74, 6) is 0.212. The topological polar surface area (TPSA) is 84.9 Å². The number of ether oxygens (including phenoxy) is 2. The maximum atomic E-state index is 13.8. The Hall–Kier alpha value is -3.20. The van der Waals surface area contributed by atoms with Gasteiger partial charge in [0.2, 0.25) is 10.0 Å². The molecular formula is C31H38N2O5S. The highest BCUT2D eigenvalue weighted by atomic mass is 32.2. The van der Waals surface area contributed by atoms with Crippen molar-refractivity contribution in [1.82, 2.24) is 9.62 Å². The molecule has 0 heterocycles. The molecule has 3 unspecified atom stereocenters. The number of rotatable bonds is 10. The number of benzene rings is 3. The standard InChI is InChI=1S/C31H38N2O5S/c1-31(20-8-11-26(21-31)32-22-23-9-6-5-7-10-23)29(30(34)38-4)33(2)39(35,36)28-18-14-25(15-19-28)24-12-16-27(37-3)17-13-24/h5-7,9-10,12-19,26,29,32H,8,11,20-22H2,1-4H3. The van der Waals surface area contributed by atoms with Gasteiger partial charge in [0, 0.05) is 19.6 Å². The lowest BCUT2D eigenvalue weighted by molar-refractivity contribution is -0.150. The molecule has 39 heavy (non-hydrogen) atoms. The van der Waals surface area contributed by atoms with E-state index in [0.29, 0.717) is 6.42 Å². The number of carbonyl (C=O) groups is 1. The lowest BCUT2D eigenvalue weighted by Crippen LogP contribution is -2.55. The summed E-state index contributed by atoms with van der Waals surface area (Å²) in [5.41, 5.74) is 2.43. The van der Waals surface area contributed by atoms with Gasteiger partial charge in [-0.05, 0) is 65.6 Å². The van der Waals surface area contributed by atoms with E-state index in [-0.39, 0.29) is 10.9 Å². The second-order valence-corrected chi connectivity index (χ2v) is 12.5. The van der Waals surface area contributed by atoms with Gasteiger partial charge in [-0.3, -0.25) is 4.79 Å². The predicted octanol–water partition coefficient (Wildman–Crippen LogP) is 5.26. The molecule has 0 amide bonds. The predicted molar refractivity (Wildman–Crippen MR) is 153 cm³/mol. The number of nitrogens with zero attached hydrogens (tertiary/aromatic N) is 1. The molecule has 3 aromatic carbocycles. The molecule has 208 valence electrons. The van der Waals surface area contributed by atoms with E-state index in [0.717, 1.165) is 42.7 Å². The van der Waals surface area contributed by atoms with Gasteiger partial charge in [-0.15, -0.1) is 0 Å². The van der Waals surface area contributed by atoms with Crippen LogP contribution in [0.2, 0.25) is 0 Å². The molecule has 1 aliphatic carbocycles. The number of carbonyl (C=O) groups excluding carboxylic acids is 1. The minimum Gasteiger partial charge on any atom is -0.497 e. The maximum absolute atomic E-state index is 13.8. The van der Waals surface area contributed by atoms with E-state index < -0.39 is 27.4 Å². The van der Waals surface area contributed by atoms with Crippen LogP contribution in [0.3, 0.4) is 0 Å². The first-order chi connectivity index (χ1) is 18.7. The third kappa shape index (κ3) is 6.52. The van der Waals surface area contributed by atoms with E-state index in [2.05, 4.69) is 17.4 Å². The SMILES string of the molecule is COC(=O)C(N(C)S(=O)(=O)c1ccc(-c2ccc(OC)cc2)cc1)C1(C)CCCC(NCc2ccccc2)C1. The van der Waals surface area contributed by atoms with E-state index in [1.54, 1.807) is 31.4 Å². The minimum atomic E-state index is -3.97. The molecule has 0 aromatic heterocycles. The molecule has 0 spiro atoms. The van der Waals surface area contributed by atoms with E-state index in [1.807, 2.05) is 49.4 Å². The van der Waals surface area contributed by atoms with Crippen molar-refractivity contribution in [2.24, 2.45) is 5.41 Å². The Morgan fingerprint density at radius 1 is 1.00 bits per heavy atom. The third-order valence-electron chi connectivity index (χ3n) is 7.85. The number of hydrogen-bond donors (Lipinski definition) is 1. The van der Waals surface area contributed by atoms with Gasteiger partial charge in [0.15, 0.2) is 0 Å². The fraction of sp³-hybridized carbons (Fsp3) is 0.387. The van der Waals surface area contributed by atoms with Gasteiger partial charge in [0.1, 0.15) is 11.8 Å². The van der Waals surface area contributed by atoms with Gasteiger partial charge in [-0.1, -0.05) is 67.9 Å². The first kappa shape index (κ1) is 28.8. The van der Waals surface area contributed by atoms with Crippen molar-refractivity contribution in [3.8, 4) is 16.9 Å². The molecule has 3 aromatic rings. The van der Waals surface area contributed by atoms with Gasteiger partial charge in [0.25, 0.3) is 0 Å². The number of nitrogens with one attached hydrogen (secondary N) is 1. The minimum absolute atomic E-state index is 0.134. The fourth-order valence-corrected chi connectivity index (χ4v) is 7.12. The normalized spacial score (nSPS) is 20.4. The lowest BCUT2D eigenvalue weighted by atomic mass is 9.68. The summed E-state index contributed by atoms with van der Waals surface area (Å²) in [6.45, 7) is 2.73. The summed E-state index contributed by atoms with van der Waals surface area (Å²) >= 11 is 0. The Labute approximate surface area is 232 Å². The second-order valence-electron chi connectivity index (χ2n) is 10.5. The highest BCUT2D eigenvalue weighted by Crippen LogP contribution is 2.42. The number of sulfonamides is 1. The Kier molecular flexibility index (Phi) is 9.10. The van der Waals surface area contributed by atoms with Crippen molar-refractivity contribution >= 4 is 16.0 Å². The van der Waals surface area contributed by atoms with Crippen LogP contribution in [0.5, 0.6) is 5.75 Å². The summed E-state index contributed by atoms with van der Waals surface area (Å²) < 4.78 is 39.2. The fourth-order valence-electron chi connectivity index (χ4n) is 5.69. The molecule has 0 radical (unpaired) electrons. The molecule has 1 saturated carbocycles. The molecule has 1 aliphatic rings. The van der Waals surface area contributed by atoms with Gasteiger partial charge in [0.05, 0.1) is 19.1 Å². The van der Waals surface area contributed by atoms with Crippen LogP contribution in [0.1, 0.15) is 38.2 Å². The second kappa shape index (κ2) is 12.3. The van der Waals surface area contributed by atoms with Crippen LogP contribution in [-0.2, 0) is 26.1 Å². The van der Waals surface area contributed by atoms with Gasteiger partial charge in [-0.25, -0.2) is 8.42 Å². The third-order valence-corrected chi connectivity index (χ3v) is 9.69. The van der Waals surface area contributed by atoms with Crippen LogP contribution < -0.4 is 10.1 Å². The maximum Gasteiger partial charge on any atom is 0.324 e. The number of esters is 1. The van der Waals surface area contributed by atoms with Crippen LogP contribution in [0.4, 0.5) is 0 Å². The molecule has 1 N–H and O–H groups in total. The van der Waals surface area contributed by atoms with Crippen LogP contribution in [0.25, 0.3) is 11.1 Å². The Morgan fingerprint density at radius 3 is 2.21 bits per heavy atom. The van der Waals surface area contributed by atoms with Crippen molar-refractivity contribution in [2.75, 3.05) is 21.3 Å². The molecule has 1 fully saturated rings. The van der Waals surface area contributed by atoms with Crippen molar-refractivity contribution in [3.05, 3.63) is 84.4 Å². The number of hydrogen-bond acceptors (Lipinski definition) is 6. The summed E-state index contributed by atoms with van der Waals surface area (Å²) in [7, 11) is 0.445. The summed E-state index contributed by atoms with van der Waals surface area (Å²) in [5, 5.41) is 3.62. The van der Waals surface area contributed by atoms with Crippen LogP contribution in [0.15, 0.2) is 83.8 Å². The van der Waals surface area contributed by atoms with Crippen molar-refractivity contribution < 1.29 is 22.7 Å². The first-order valence-electron chi connectivity index (χ1n) is 13.3. The zero-order valence-corrected chi connectivity index (χ0v) is 23.9. The summed E-state index contributed by atoms with van der Waals surface area (Å²) in [4.78, 5) is 13.3. The van der Waals surface area contributed by atoms with E-state index in [1.165, 1.54) is 24.0 Å². The zero-order valence-electron chi connectivity index (χ0n) is 23.1. The van der Waals surface area contributed by atoms with E-state index in [4.69, 9.17) is 9.47 Å². The van der Waals surface area contributed by atoms with Crippen molar-refractivity contribution in [3.63, 3.8) is 0 Å². The smallest absolute Gasteiger partial charge is 0.324 e. The Bertz CT molecular complexity index is 1340. The number of likely N-dealkylation sites (N-methyl/N-ethyl adjacent to an activating group) is 1. The molecule has 4 rings (SSSR count). The molecule has 7 nitrogen and oxygen atoms in total. The van der Waals surface area contributed by atoms with E-state index >= 15 is 0 Å². The average molecular weight is 551 g/mol. The van der Waals surface area contributed by atoms with Crippen molar-refractivity contribution in [2.45, 2.75) is 56.1 Å². The molecule has 3 atom stereocenters. The molecule has 8 heteroatoms. The quantitative estimate of drug-likeness (QED) is 0.347. The highest BCUT2D eigenvalue weighted by Gasteiger charge is 2.48. The summed E-state index contributed by atoms with van der Waals surface area (Å²) in [6.07, 6.45) is 3.25. The molecule has 0 saturated heterocycles. The first-order valence-corrected chi connectivity index (χ1v) is 14.7. The average Bonchev–Trinajstić information content (AvgIpc) is 2.96. The zero-order chi connectivity index (χ0) is 28.0. The van der Waals surface area contributed by atoms with Gasteiger partial charge < -0.3 is 14.8 Å². The van der Waals surface area contributed by atoms with Crippen LogP contribution >= 0.6 is 0 Å². The van der Waals surface area contributed by atoms with Crippen LogP contribution in [0, 0.1) is 5.41 Å². The molecule has 0 aliphatic heterocycles. The van der Waals surface area contributed by atoms with E-state index in [9.17, 15) is 13.2 Å².